The normalized spacial score (nSPS) is 23.5. The fourth-order valence-electron chi connectivity index (χ4n) is 1.50. The molecule has 1 aromatic heterocycles. The Bertz CT molecular complexity index is 274. The lowest BCUT2D eigenvalue weighted by atomic mass is 10.2. The van der Waals surface area contributed by atoms with E-state index < -0.39 is 0 Å². The van der Waals surface area contributed by atoms with Crippen molar-refractivity contribution in [2.45, 2.75) is 13.3 Å². The van der Waals surface area contributed by atoms with Gasteiger partial charge in [0.25, 0.3) is 0 Å². The van der Waals surface area contributed by atoms with Gasteiger partial charge in [0, 0.05) is 18.5 Å². The van der Waals surface area contributed by atoms with E-state index in [2.05, 4.69) is 32.7 Å². The molecular weight excluding hydrogens is 236 g/mol. The van der Waals surface area contributed by atoms with E-state index in [9.17, 15) is 0 Å². The summed E-state index contributed by atoms with van der Waals surface area (Å²) in [6.45, 7) is 4.63. The van der Waals surface area contributed by atoms with Gasteiger partial charge in [0.05, 0.1) is 0 Å². The summed E-state index contributed by atoms with van der Waals surface area (Å²) in [6.07, 6.45) is 1.30. The van der Waals surface area contributed by atoms with Gasteiger partial charge in [-0.25, -0.2) is 4.98 Å². The van der Waals surface area contributed by atoms with Crippen molar-refractivity contribution < 1.29 is 0 Å². The van der Waals surface area contributed by atoms with E-state index in [0.717, 1.165) is 15.7 Å². The van der Waals surface area contributed by atoms with Crippen molar-refractivity contribution in [2.24, 2.45) is 5.92 Å². The molecule has 0 bridgehead atoms. The van der Waals surface area contributed by atoms with E-state index in [4.69, 9.17) is 0 Å². The summed E-state index contributed by atoms with van der Waals surface area (Å²) in [5, 5.41) is 3.20. The van der Waals surface area contributed by atoms with Crippen molar-refractivity contribution in [3.8, 4) is 0 Å². The molecule has 0 saturated carbocycles. The SMILES string of the molecule is CC1CCN(c2nc(Br)cs2)C1. The van der Waals surface area contributed by atoms with Gasteiger partial charge in [0.1, 0.15) is 4.60 Å². The van der Waals surface area contributed by atoms with E-state index in [1.165, 1.54) is 19.5 Å². The maximum absolute atomic E-state index is 4.39. The topological polar surface area (TPSA) is 16.1 Å². The number of rotatable bonds is 1. The molecule has 1 saturated heterocycles. The summed E-state index contributed by atoms with van der Waals surface area (Å²) in [5.41, 5.74) is 0. The third-order valence-corrected chi connectivity index (χ3v) is 3.77. The monoisotopic (exact) mass is 246 g/mol. The van der Waals surface area contributed by atoms with Crippen LogP contribution in [0, 0.1) is 5.92 Å². The largest absolute Gasteiger partial charge is 0.348 e. The van der Waals surface area contributed by atoms with Crippen LogP contribution in [-0.4, -0.2) is 18.1 Å². The second-order valence-corrected chi connectivity index (χ2v) is 4.94. The highest BCUT2D eigenvalue weighted by molar-refractivity contribution is 9.10. The van der Waals surface area contributed by atoms with Crippen LogP contribution in [0.5, 0.6) is 0 Å². The van der Waals surface area contributed by atoms with Crippen molar-refractivity contribution in [1.29, 1.82) is 0 Å². The molecular formula is C8H11BrN2S. The summed E-state index contributed by atoms with van der Waals surface area (Å²) in [6, 6.07) is 0. The Kier molecular flexibility index (Phi) is 2.37. The molecule has 1 aromatic rings. The first-order chi connectivity index (χ1) is 5.75. The predicted octanol–water partition coefficient (Wildman–Crippen LogP) is 2.75. The van der Waals surface area contributed by atoms with Gasteiger partial charge < -0.3 is 4.90 Å². The van der Waals surface area contributed by atoms with E-state index in [0.29, 0.717) is 0 Å². The third-order valence-electron chi connectivity index (χ3n) is 2.16. The van der Waals surface area contributed by atoms with Gasteiger partial charge in [-0.1, -0.05) is 6.92 Å². The molecule has 0 spiro atoms. The average molecular weight is 247 g/mol. The lowest BCUT2D eigenvalue weighted by Crippen LogP contribution is -2.18. The van der Waals surface area contributed by atoms with E-state index in [-0.39, 0.29) is 0 Å². The first-order valence-electron chi connectivity index (χ1n) is 4.11. The van der Waals surface area contributed by atoms with E-state index in [1.54, 1.807) is 11.3 Å². The number of halogens is 1. The molecule has 0 aromatic carbocycles. The minimum atomic E-state index is 0.827. The highest BCUT2D eigenvalue weighted by Crippen LogP contribution is 2.28. The van der Waals surface area contributed by atoms with Crippen molar-refractivity contribution in [3.63, 3.8) is 0 Å². The van der Waals surface area contributed by atoms with Crippen LogP contribution in [0.3, 0.4) is 0 Å². The van der Waals surface area contributed by atoms with Crippen LogP contribution < -0.4 is 4.90 Å². The summed E-state index contributed by atoms with van der Waals surface area (Å²) in [4.78, 5) is 6.75. The van der Waals surface area contributed by atoms with Gasteiger partial charge in [-0.15, -0.1) is 11.3 Å². The van der Waals surface area contributed by atoms with Crippen molar-refractivity contribution in [3.05, 3.63) is 9.98 Å². The molecule has 4 heteroatoms. The molecule has 1 unspecified atom stereocenters. The summed E-state index contributed by atoms with van der Waals surface area (Å²) in [7, 11) is 0. The van der Waals surface area contributed by atoms with Gasteiger partial charge >= 0.3 is 0 Å². The van der Waals surface area contributed by atoms with Crippen molar-refractivity contribution in [2.75, 3.05) is 18.0 Å². The zero-order valence-corrected chi connectivity index (χ0v) is 9.36. The minimum Gasteiger partial charge on any atom is -0.348 e. The first kappa shape index (κ1) is 8.51. The number of thiazole rings is 1. The van der Waals surface area contributed by atoms with Gasteiger partial charge in [0.2, 0.25) is 0 Å². The molecule has 1 atom stereocenters. The Morgan fingerprint density at radius 1 is 1.75 bits per heavy atom. The van der Waals surface area contributed by atoms with Crippen LogP contribution in [0.25, 0.3) is 0 Å². The number of aromatic nitrogens is 1. The highest BCUT2D eigenvalue weighted by Gasteiger charge is 2.20. The van der Waals surface area contributed by atoms with Gasteiger partial charge in [0.15, 0.2) is 5.13 Å². The summed E-state index contributed by atoms with van der Waals surface area (Å²) < 4.78 is 0.960. The Morgan fingerprint density at radius 3 is 3.08 bits per heavy atom. The third kappa shape index (κ3) is 1.64. The Hall–Kier alpha value is -0.0900. The molecule has 2 heterocycles. The Balaban J connectivity index is 2.11. The van der Waals surface area contributed by atoms with E-state index in [1.807, 2.05) is 5.38 Å². The molecule has 2 nitrogen and oxygen atoms in total. The van der Waals surface area contributed by atoms with E-state index >= 15 is 0 Å². The smallest absolute Gasteiger partial charge is 0.186 e. The zero-order valence-electron chi connectivity index (χ0n) is 6.96. The maximum Gasteiger partial charge on any atom is 0.186 e. The van der Waals surface area contributed by atoms with Gasteiger partial charge in [-0.2, -0.15) is 0 Å². The van der Waals surface area contributed by atoms with Crippen LogP contribution in [0.15, 0.2) is 9.98 Å². The molecule has 0 amide bonds. The fraction of sp³-hybridized carbons (Fsp3) is 0.625. The predicted molar refractivity (Wildman–Crippen MR) is 55.8 cm³/mol. The molecule has 0 radical (unpaired) electrons. The van der Waals surface area contributed by atoms with Crippen LogP contribution in [0.1, 0.15) is 13.3 Å². The zero-order chi connectivity index (χ0) is 8.55. The second kappa shape index (κ2) is 3.34. The number of hydrogen-bond acceptors (Lipinski definition) is 3. The maximum atomic E-state index is 4.39. The average Bonchev–Trinajstić information content (AvgIpc) is 2.58. The van der Waals surface area contributed by atoms with Crippen molar-refractivity contribution in [1.82, 2.24) is 4.98 Å². The van der Waals surface area contributed by atoms with Crippen LogP contribution in [-0.2, 0) is 0 Å². The molecule has 2 rings (SSSR count). The second-order valence-electron chi connectivity index (χ2n) is 3.29. The van der Waals surface area contributed by atoms with Crippen LogP contribution in [0.4, 0.5) is 5.13 Å². The lowest BCUT2D eigenvalue weighted by Gasteiger charge is -2.12. The van der Waals surface area contributed by atoms with Crippen LogP contribution >= 0.6 is 27.3 Å². The Morgan fingerprint density at radius 2 is 2.58 bits per heavy atom. The molecule has 66 valence electrons. The van der Waals surface area contributed by atoms with Gasteiger partial charge in [-0.3, -0.25) is 0 Å². The quantitative estimate of drug-likeness (QED) is 0.758. The molecule has 1 fully saturated rings. The molecule has 0 aliphatic carbocycles. The summed E-state index contributed by atoms with van der Waals surface area (Å²) >= 11 is 5.08. The molecule has 12 heavy (non-hydrogen) atoms. The fourth-order valence-corrected chi connectivity index (χ4v) is 2.79. The summed E-state index contributed by atoms with van der Waals surface area (Å²) in [5.74, 6) is 0.827. The van der Waals surface area contributed by atoms with Gasteiger partial charge in [-0.05, 0) is 28.3 Å². The number of hydrogen-bond donors (Lipinski definition) is 0. The van der Waals surface area contributed by atoms with Crippen molar-refractivity contribution >= 4 is 32.4 Å². The lowest BCUT2D eigenvalue weighted by molar-refractivity contribution is 0.659. The molecule has 0 N–H and O–H groups in total. The minimum absolute atomic E-state index is 0.827. The standard InChI is InChI=1S/C8H11BrN2S/c1-6-2-3-11(4-6)8-10-7(9)5-12-8/h5-6H,2-4H2,1H3. The molecule has 1 aliphatic heterocycles. The first-order valence-corrected chi connectivity index (χ1v) is 5.79. The highest BCUT2D eigenvalue weighted by atomic mass is 79.9. The number of anilines is 1. The molecule has 1 aliphatic rings. The number of nitrogens with zero attached hydrogens (tertiary/aromatic N) is 2. The Labute approximate surface area is 84.7 Å². The van der Waals surface area contributed by atoms with Crippen LogP contribution in [0.2, 0.25) is 0 Å².